The molecule has 0 aromatic heterocycles. The molecule has 0 aliphatic carbocycles. The first-order chi connectivity index (χ1) is 16.0. The van der Waals surface area contributed by atoms with E-state index in [-0.39, 0.29) is 35.2 Å². The number of ether oxygens (including phenoxy) is 1. The number of ketones is 1. The predicted molar refractivity (Wildman–Crippen MR) is 155 cm³/mol. The van der Waals surface area contributed by atoms with E-state index in [9.17, 15) is 14.7 Å². The first kappa shape index (κ1) is 32.5. The minimum Gasteiger partial charge on any atom is -0.457 e. The Morgan fingerprint density at radius 3 is 2.37 bits per heavy atom. The minimum atomic E-state index is -2.31. The molecule has 1 aliphatic rings. The zero-order valence-corrected chi connectivity index (χ0v) is 26.8. The number of aliphatic hydroxyl groups is 1. The summed E-state index contributed by atoms with van der Waals surface area (Å²) in [6, 6.07) is 0. The number of hydrogen-bond donors (Lipinski definition) is 1. The van der Waals surface area contributed by atoms with E-state index in [1.54, 1.807) is 6.92 Å². The maximum atomic E-state index is 13.8. The molecule has 0 spiro atoms. The number of aliphatic hydroxyl groups excluding tert-OH is 1. The highest BCUT2D eigenvalue weighted by molar-refractivity contribution is 14.1. The highest BCUT2D eigenvalue weighted by Crippen LogP contribution is 2.42. The summed E-state index contributed by atoms with van der Waals surface area (Å²) in [6.07, 6.45) is 5.76. The van der Waals surface area contributed by atoms with Crippen molar-refractivity contribution in [3.8, 4) is 0 Å². The molecule has 5 atom stereocenters. The summed E-state index contributed by atoms with van der Waals surface area (Å²) in [5.74, 6) is -0.978. The van der Waals surface area contributed by atoms with Crippen LogP contribution in [-0.2, 0) is 18.8 Å². The normalized spacial score (nSPS) is 31.7. The fourth-order valence-electron chi connectivity index (χ4n) is 4.19. The van der Waals surface area contributed by atoms with Gasteiger partial charge in [-0.05, 0) is 59.9 Å². The molecule has 0 saturated heterocycles. The molecule has 7 heteroatoms. The van der Waals surface area contributed by atoms with Gasteiger partial charge in [0.15, 0.2) is 8.32 Å². The molecule has 0 fully saturated rings. The number of carbonyl (C=O) groups excluding carboxylic acids is 2. The van der Waals surface area contributed by atoms with Gasteiger partial charge >= 0.3 is 5.97 Å². The maximum Gasteiger partial charge on any atom is 0.309 e. The van der Waals surface area contributed by atoms with Gasteiger partial charge < -0.3 is 14.3 Å². The molecule has 0 amide bonds. The molecule has 0 saturated carbocycles. The molecule has 0 bridgehead atoms. The molecule has 0 aromatic rings. The standard InChI is InChI=1S/C28H49IO5Si/c1-19-15-13-11-12-14-16-22(20(2)18-29)33-24(30)17-23(34-35(9,10)27(4,5)6)28(7,8)26(32)21(3)25(19)31/h12,14,18-19,21-23,25,31H,11,13,15-17H2,1-10H3/b14-12-,20-18+/t19-,21+,22-,23-,25-/m0/s1. The number of esters is 1. The molecular formula is C28H49IO5Si. The highest BCUT2D eigenvalue weighted by Gasteiger charge is 2.48. The van der Waals surface area contributed by atoms with Crippen molar-refractivity contribution in [1.82, 2.24) is 0 Å². The van der Waals surface area contributed by atoms with Gasteiger partial charge in [-0.1, -0.05) is 83.2 Å². The third-order valence-corrected chi connectivity index (χ3v) is 13.5. The van der Waals surface area contributed by atoms with Crippen molar-refractivity contribution in [2.75, 3.05) is 0 Å². The number of carbonyl (C=O) groups is 2. The van der Waals surface area contributed by atoms with Gasteiger partial charge in [0.25, 0.3) is 0 Å². The van der Waals surface area contributed by atoms with E-state index < -0.39 is 31.9 Å². The van der Waals surface area contributed by atoms with E-state index in [0.717, 1.165) is 24.8 Å². The van der Waals surface area contributed by atoms with Gasteiger partial charge in [0, 0.05) is 17.8 Å². The van der Waals surface area contributed by atoms with E-state index in [0.29, 0.717) is 6.42 Å². The summed E-state index contributed by atoms with van der Waals surface area (Å²) in [7, 11) is -2.31. The molecule has 0 radical (unpaired) electrons. The molecule has 1 N–H and O–H groups in total. The first-order valence-electron chi connectivity index (χ1n) is 13.0. The average molecular weight is 621 g/mol. The van der Waals surface area contributed by atoms with E-state index in [4.69, 9.17) is 9.16 Å². The van der Waals surface area contributed by atoms with Crippen LogP contribution in [0.4, 0.5) is 0 Å². The fraction of sp³-hybridized carbons (Fsp3) is 0.786. The number of halogens is 1. The summed E-state index contributed by atoms with van der Waals surface area (Å²) in [6.45, 7) is 20.2. The summed E-state index contributed by atoms with van der Waals surface area (Å²) >= 11 is 2.18. The maximum absolute atomic E-state index is 13.8. The number of hydrogen-bond acceptors (Lipinski definition) is 5. The van der Waals surface area contributed by atoms with Crippen molar-refractivity contribution >= 4 is 42.7 Å². The van der Waals surface area contributed by atoms with Gasteiger partial charge in [0.05, 0.1) is 18.6 Å². The van der Waals surface area contributed by atoms with Crippen molar-refractivity contribution in [2.24, 2.45) is 17.3 Å². The van der Waals surface area contributed by atoms with Crippen LogP contribution in [0.5, 0.6) is 0 Å². The van der Waals surface area contributed by atoms with Gasteiger partial charge in [0.1, 0.15) is 11.9 Å². The van der Waals surface area contributed by atoms with Crippen LogP contribution in [0.3, 0.4) is 0 Å². The van der Waals surface area contributed by atoms with Gasteiger partial charge in [-0.3, -0.25) is 9.59 Å². The van der Waals surface area contributed by atoms with Crippen LogP contribution in [0.2, 0.25) is 18.1 Å². The average Bonchev–Trinajstić information content (AvgIpc) is 2.76. The minimum absolute atomic E-state index is 0.00163. The van der Waals surface area contributed by atoms with Crippen molar-refractivity contribution in [3.63, 3.8) is 0 Å². The number of cyclic esters (lactones) is 1. The second-order valence-electron chi connectivity index (χ2n) is 12.4. The molecular weight excluding hydrogens is 571 g/mol. The Kier molecular flexibility index (Phi) is 12.4. The van der Waals surface area contributed by atoms with Crippen LogP contribution in [0, 0.1) is 17.3 Å². The van der Waals surface area contributed by atoms with Crippen molar-refractivity contribution in [1.29, 1.82) is 0 Å². The Bertz CT molecular complexity index is 781. The second-order valence-corrected chi connectivity index (χ2v) is 17.8. The lowest BCUT2D eigenvalue weighted by Gasteiger charge is -2.44. The van der Waals surface area contributed by atoms with Crippen molar-refractivity contribution in [3.05, 3.63) is 21.8 Å². The largest absolute Gasteiger partial charge is 0.457 e. The Labute approximate surface area is 228 Å². The SMILES string of the molecule is C/C(=C\I)[C@@H]1C/C=C\CCC[C@H](C)[C@H](O)[C@@H](C)C(=O)C(C)(C)[C@@H](O[Si](C)(C)C(C)(C)C)CC(=O)O1. The molecule has 5 nitrogen and oxygen atoms in total. The molecule has 1 aliphatic heterocycles. The Morgan fingerprint density at radius 2 is 1.83 bits per heavy atom. The zero-order valence-electron chi connectivity index (χ0n) is 23.6. The molecule has 202 valence electrons. The lowest BCUT2D eigenvalue weighted by Crippen LogP contribution is -2.52. The Hall–Kier alpha value is -0.513. The third-order valence-electron chi connectivity index (χ3n) is 8.04. The molecule has 35 heavy (non-hydrogen) atoms. The van der Waals surface area contributed by atoms with Gasteiger partial charge in [0.2, 0.25) is 0 Å². The van der Waals surface area contributed by atoms with Crippen LogP contribution in [0.15, 0.2) is 21.8 Å². The molecule has 0 aromatic carbocycles. The molecule has 0 unspecified atom stereocenters. The van der Waals surface area contributed by atoms with E-state index >= 15 is 0 Å². The lowest BCUT2D eigenvalue weighted by atomic mass is 9.73. The monoisotopic (exact) mass is 620 g/mol. The van der Waals surface area contributed by atoms with Crippen LogP contribution >= 0.6 is 22.6 Å². The quantitative estimate of drug-likeness (QED) is 0.154. The van der Waals surface area contributed by atoms with Gasteiger partial charge in [-0.25, -0.2) is 0 Å². The third kappa shape index (κ3) is 9.07. The Balaban J connectivity index is 3.46. The number of Topliss-reactive ketones (excluding diaryl/α,β-unsaturated/α-hetero) is 1. The fourth-order valence-corrected chi connectivity index (χ4v) is 6.04. The van der Waals surface area contributed by atoms with Crippen LogP contribution in [0.1, 0.15) is 87.5 Å². The summed E-state index contributed by atoms with van der Waals surface area (Å²) in [5, 5.41) is 10.9. The van der Waals surface area contributed by atoms with Crippen LogP contribution in [-0.4, -0.2) is 43.5 Å². The second kappa shape index (κ2) is 13.3. The van der Waals surface area contributed by atoms with E-state index in [1.165, 1.54) is 0 Å². The van der Waals surface area contributed by atoms with Crippen LogP contribution in [0.25, 0.3) is 0 Å². The lowest BCUT2D eigenvalue weighted by molar-refractivity contribution is -0.153. The number of rotatable bonds is 3. The predicted octanol–water partition coefficient (Wildman–Crippen LogP) is 7.38. The zero-order chi connectivity index (χ0) is 27.2. The van der Waals surface area contributed by atoms with Crippen molar-refractivity contribution < 1.29 is 23.9 Å². The number of allylic oxidation sites excluding steroid dienone is 1. The topological polar surface area (TPSA) is 72.8 Å². The van der Waals surface area contributed by atoms with E-state index in [2.05, 4.69) is 68.6 Å². The molecule has 1 rings (SSSR count). The van der Waals surface area contributed by atoms with Gasteiger partial charge in [-0.2, -0.15) is 0 Å². The van der Waals surface area contributed by atoms with Gasteiger partial charge in [-0.15, -0.1) is 0 Å². The smallest absolute Gasteiger partial charge is 0.309 e. The highest BCUT2D eigenvalue weighted by atomic mass is 127. The van der Waals surface area contributed by atoms with Crippen LogP contribution < -0.4 is 0 Å². The molecule has 1 heterocycles. The van der Waals surface area contributed by atoms with E-state index in [1.807, 2.05) is 31.8 Å². The first-order valence-corrected chi connectivity index (χ1v) is 17.1. The Morgan fingerprint density at radius 1 is 1.23 bits per heavy atom. The van der Waals surface area contributed by atoms with Crippen molar-refractivity contribution in [2.45, 2.75) is 124 Å². The summed E-state index contributed by atoms with van der Waals surface area (Å²) < 4.78 is 14.6. The summed E-state index contributed by atoms with van der Waals surface area (Å²) in [5.41, 5.74) is 0.0298. The summed E-state index contributed by atoms with van der Waals surface area (Å²) in [4.78, 5) is 27.0.